The van der Waals surface area contributed by atoms with Crippen LogP contribution in [-0.2, 0) is 20.8 Å². The normalized spacial score (nSPS) is 11.2. The van der Waals surface area contributed by atoms with E-state index in [1.165, 1.54) is 22.4 Å². The summed E-state index contributed by atoms with van der Waals surface area (Å²) < 4.78 is 24.4. The standard InChI is InChI=1S/C22H34FN3O4.C11H11N.CH3NO/c1-15(2)29-14-18(26(7)13-17-9-8-10-19(23)20(17)27)12-24-16(3)11-25-21(28)30-22(4,5)6;1-8-3-4-10-7-12-9(2)6-11(10)5-8;2-1-3/h8-10,18,24,27H,1,3,11-14H2,2,4-7H3,(H,25,28);3-7H,1-2H3;1H,(H2,2,3). The van der Waals surface area contributed by atoms with Crippen molar-refractivity contribution in [2.24, 2.45) is 5.73 Å². The molecule has 11 heteroatoms. The van der Waals surface area contributed by atoms with Crippen LogP contribution < -0.4 is 16.4 Å². The van der Waals surface area contributed by atoms with Gasteiger partial charge >= 0.3 is 6.09 Å². The molecule has 5 N–H and O–H groups in total. The fraction of sp³-hybridized carbons (Fsp3) is 0.382. The van der Waals surface area contributed by atoms with Crippen molar-refractivity contribution >= 4 is 23.3 Å². The summed E-state index contributed by atoms with van der Waals surface area (Å²) in [5, 5.41) is 18.2. The average Bonchev–Trinajstić information content (AvgIpc) is 2.94. The number of fused-ring (bicyclic) bond motifs is 1. The lowest BCUT2D eigenvalue weighted by molar-refractivity contribution is -0.106. The Morgan fingerprint density at radius 3 is 2.44 bits per heavy atom. The molecule has 0 fully saturated rings. The lowest BCUT2D eigenvalue weighted by Crippen LogP contribution is -2.44. The van der Waals surface area contributed by atoms with E-state index in [-0.39, 0.29) is 24.7 Å². The van der Waals surface area contributed by atoms with E-state index in [0.717, 1.165) is 5.69 Å². The number of alkyl carbamates (subject to hydrolysis) is 1. The van der Waals surface area contributed by atoms with Crippen LogP contribution in [0.1, 0.15) is 44.5 Å². The summed E-state index contributed by atoms with van der Waals surface area (Å²) in [4.78, 5) is 26.5. The molecule has 0 spiro atoms. The maximum Gasteiger partial charge on any atom is 0.407 e. The number of aromatic hydroxyl groups is 1. The van der Waals surface area contributed by atoms with Crippen LogP contribution in [-0.4, -0.2) is 65.9 Å². The molecule has 2 amide bonds. The Bertz CT molecular complexity index is 1390. The molecule has 0 aliphatic rings. The van der Waals surface area contributed by atoms with E-state index < -0.39 is 17.5 Å². The summed E-state index contributed by atoms with van der Waals surface area (Å²) in [5.74, 6) is -0.439. The van der Waals surface area contributed by atoms with Crippen molar-refractivity contribution in [1.82, 2.24) is 20.5 Å². The number of hydrogen-bond donors (Lipinski definition) is 4. The molecule has 45 heavy (non-hydrogen) atoms. The Kier molecular flexibility index (Phi) is 16.1. The van der Waals surface area contributed by atoms with Crippen LogP contribution in [0.3, 0.4) is 0 Å². The third-order valence-electron chi connectivity index (χ3n) is 6.08. The van der Waals surface area contributed by atoms with E-state index in [0.29, 0.717) is 36.7 Å². The molecule has 1 aromatic heterocycles. The van der Waals surface area contributed by atoms with Gasteiger partial charge < -0.3 is 30.9 Å². The number of carbonyl (C=O) groups excluding carboxylic acids is 2. The number of amides is 2. The van der Waals surface area contributed by atoms with Gasteiger partial charge in [0.15, 0.2) is 11.6 Å². The van der Waals surface area contributed by atoms with E-state index in [9.17, 15) is 14.3 Å². The number of phenols is 1. The first kappa shape index (κ1) is 38.4. The number of nitrogens with one attached hydrogen (secondary N) is 2. The number of primary amides is 1. The van der Waals surface area contributed by atoms with Gasteiger partial charge in [-0.1, -0.05) is 49.1 Å². The highest BCUT2D eigenvalue weighted by atomic mass is 19.1. The Balaban J connectivity index is 0.000000549. The van der Waals surface area contributed by atoms with Gasteiger partial charge in [0, 0.05) is 41.6 Å². The number of halogens is 1. The quantitative estimate of drug-likeness (QED) is 0.163. The van der Waals surface area contributed by atoms with E-state index in [4.69, 9.17) is 14.3 Å². The number of aryl methyl sites for hydroxylation is 2. The van der Waals surface area contributed by atoms with E-state index >= 15 is 0 Å². The highest BCUT2D eigenvalue weighted by molar-refractivity contribution is 5.82. The summed E-state index contributed by atoms with van der Waals surface area (Å²) >= 11 is 0. The number of ether oxygens (including phenoxy) is 2. The smallest absolute Gasteiger partial charge is 0.407 e. The Hall–Kier alpha value is -4.64. The van der Waals surface area contributed by atoms with Crippen molar-refractivity contribution < 1.29 is 28.6 Å². The molecule has 0 aliphatic carbocycles. The minimum absolute atomic E-state index is 0.136. The molecule has 246 valence electrons. The molecule has 3 aromatic rings. The van der Waals surface area contributed by atoms with Crippen molar-refractivity contribution in [3.05, 3.63) is 95.9 Å². The molecule has 10 nitrogen and oxygen atoms in total. The number of rotatable bonds is 11. The van der Waals surface area contributed by atoms with Crippen molar-refractivity contribution in [3.8, 4) is 5.75 Å². The van der Waals surface area contributed by atoms with Crippen LogP contribution in [0, 0.1) is 19.7 Å². The minimum atomic E-state index is -0.657. The number of carbonyl (C=O) groups is 2. The summed E-state index contributed by atoms with van der Waals surface area (Å²) in [6.07, 6.45) is 1.65. The second kappa shape index (κ2) is 18.9. The zero-order valence-corrected chi connectivity index (χ0v) is 27.4. The number of hydrogen-bond acceptors (Lipinski definition) is 8. The zero-order valence-electron chi connectivity index (χ0n) is 27.4. The van der Waals surface area contributed by atoms with Crippen LogP contribution in [0.25, 0.3) is 10.8 Å². The van der Waals surface area contributed by atoms with E-state index in [2.05, 4.69) is 65.7 Å². The van der Waals surface area contributed by atoms with Gasteiger partial charge in [0.2, 0.25) is 6.41 Å². The third kappa shape index (κ3) is 15.6. The molecule has 0 aliphatic heterocycles. The highest BCUT2D eigenvalue weighted by Gasteiger charge is 2.19. The van der Waals surface area contributed by atoms with Crippen molar-refractivity contribution in [3.63, 3.8) is 0 Å². The number of nitrogens with two attached hydrogens (primary N) is 1. The molecule has 2 aromatic carbocycles. The highest BCUT2D eigenvalue weighted by Crippen LogP contribution is 2.22. The molecule has 0 saturated heterocycles. The number of para-hydroxylation sites is 1. The van der Waals surface area contributed by atoms with Gasteiger partial charge in [-0.25, -0.2) is 9.18 Å². The number of likely N-dealkylation sites (N-methyl/N-ethyl adjacent to an activating group) is 1. The van der Waals surface area contributed by atoms with Gasteiger partial charge in [-0.15, -0.1) is 0 Å². The molecule has 0 saturated carbocycles. The largest absolute Gasteiger partial charge is 0.505 e. The van der Waals surface area contributed by atoms with Crippen LogP contribution in [0.2, 0.25) is 0 Å². The molecule has 1 heterocycles. The first-order chi connectivity index (χ1) is 21.1. The molecule has 3 rings (SSSR count). The molecule has 1 atom stereocenters. The molecular weight excluding hydrogens is 577 g/mol. The Morgan fingerprint density at radius 1 is 1.16 bits per heavy atom. The predicted molar refractivity (Wildman–Crippen MR) is 177 cm³/mol. The van der Waals surface area contributed by atoms with Crippen LogP contribution in [0.5, 0.6) is 5.75 Å². The lowest BCUT2D eigenvalue weighted by atomic mass is 10.1. The van der Waals surface area contributed by atoms with Crippen molar-refractivity contribution in [2.75, 3.05) is 26.7 Å². The lowest BCUT2D eigenvalue weighted by Gasteiger charge is -2.29. The van der Waals surface area contributed by atoms with Gasteiger partial charge in [-0.05, 0) is 66.1 Å². The molecule has 1 unspecified atom stereocenters. The topological polar surface area (TPSA) is 139 Å². The fourth-order valence-corrected chi connectivity index (χ4v) is 3.85. The Morgan fingerprint density at radius 2 is 1.82 bits per heavy atom. The number of allylic oxidation sites excluding steroid dienone is 1. The summed E-state index contributed by atoms with van der Waals surface area (Å²) in [5.41, 5.74) is 7.04. The molecular formula is C34H48FN5O5. The molecule has 0 bridgehead atoms. The second-order valence-corrected chi connectivity index (χ2v) is 11.5. The summed E-state index contributed by atoms with van der Waals surface area (Å²) in [6, 6.07) is 12.8. The first-order valence-corrected chi connectivity index (χ1v) is 14.4. The van der Waals surface area contributed by atoms with Crippen molar-refractivity contribution in [2.45, 2.75) is 59.7 Å². The second-order valence-electron chi connectivity index (χ2n) is 11.5. The number of benzene rings is 2. The van der Waals surface area contributed by atoms with Gasteiger partial charge in [-0.2, -0.15) is 0 Å². The SMILES string of the molecule is C=C(CNC(=O)OC(C)(C)C)NCC(COC(=C)C)N(C)Cc1cccc(F)c1O.Cc1ccc2cnc(C)cc2c1.NC=O. The van der Waals surface area contributed by atoms with Gasteiger partial charge in [0.25, 0.3) is 0 Å². The van der Waals surface area contributed by atoms with Gasteiger partial charge in [-0.3, -0.25) is 14.7 Å². The Labute approximate surface area is 266 Å². The molecule has 0 radical (unpaired) electrons. The average molecular weight is 626 g/mol. The summed E-state index contributed by atoms with van der Waals surface area (Å²) in [6.45, 7) is 20.2. The number of phenolic OH excluding ortho intramolecular Hbond substituents is 1. The van der Waals surface area contributed by atoms with Gasteiger partial charge in [0.05, 0.1) is 18.3 Å². The van der Waals surface area contributed by atoms with Crippen LogP contribution in [0.4, 0.5) is 9.18 Å². The summed E-state index contributed by atoms with van der Waals surface area (Å²) in [7, 11) is 1.85. The first-order valence-electron chi connectivity index (χ1n) is 14.4. The number of nitrogens with zero attached hydrogens (tertiary/aromatic N) is 2. The number of pyridine rings is 1. The van der Waals surface area contributed by atoms with Crippen molar-refractivity contribution in [1.29, 1.82) is 0 Å². The van der Waals surface area contributed by atoms with E-state index in [1.807, 2.05) is 25.1 Å². The zero-order chi connectivity index (χ0) is 34.2. The third-order valence-corrected chi connectivity index (χ3v) is 6.08. The maximum atomic E-state index is 13.6. The fourth-order valence-electron chi connectivity index (χ4n) is 3.85. The van der Waals surface area contributed by atoms with E-state index in [1.54, 1.807) is 39.8 Å². The number of aromatic nitrogens is 1. The monoisotopic (exact) mass is 625 g/mol. The predicted octanol–water partition coefficient (Wildman–Crippen LogP) is 5.46. The maximum absolute atomic E-state index is 13.6. The minimum Gasteiger partial charge on any atom is -0.505 e. The van der Waals surface area contributed by atoms with Crippen LogP contribution >= 0.6 is 0 Å². The van der Waals surface area contributed by atoms with Gasteiger partial charge in [0.1, 0.15) is 12.2 Å². The van der Waals surface area contributed by atoms with Crippen LogP contribution in [0.15, 0.2) is 73.3 Å².